The highest BCUT2D eigenvalue weighted by atomic mass is 35.5. The Bertz CT molecular complexity index is 481. The van der Waals surface area contributed by atoms with E-state index < -0.39 is 0 Å². The Morgan fingerprint density at radius 2 is 2.47 bits per heavy atom. The lowest BCUT2D eigenvalue weighted by molar-refractivity contribution is 0.712. The van der Waals surface area contributed by atoms with E-state index in [1.807, 2.05) is 23.7 Å². The second kappa shape index (κ2) is 4.47. The number of thiophene rings is 1. The molecule has 0 unspecified atom stereocenters. The van der Waals surface area contributed by atoms with Crippen molar-refractivity contribution in [2.75, 3.05) is 0 Å². The highest BCUT2D eigenvalue weighted by Gasteiger charge is 2.10. The maximum absolute atomic E-state index is 8.58. The number of alkyl halides is 1. The van der Waals surface area contributed by atoms with E-state index in [4.69, 9.17) is 16.9 Å². The fourth-order valence-electron chi connectivity index (χ4n) is 1.33. The first kappa shape index (κ1) is 10.2. The summed E-state index contributed by atoms with van der Waals surface area (Å²) < 4.78 is 1.62. The van der Waals surface area contributed by atoms with Gasteiger partial charge < -0.3 is 0 Å². The fourth-order valence-corrected chi connectivity index (χ4v) is 2.27. The SMILES string of the molecule is N#CCn1cc(CCl)c(-c2cccs2)n1. The zero-order chi connectivity index (χ0) is 10.7. The molecule has 2 rings (SSSR count). The number of aromatic nitrogens is 2. The van der Waals surface area contributed by atoms with Crippen molar-refractivity contribution in [2.45, 2.75) is 12.4 Å². The molecule has 0 amide bonds. The molecule has 2 aromatic heterocycles. The number of nitriles is 1. The molecule has 0 atom stereocenters. The summed E-state index contributed by atoms with van der Waals surface area (Å²) in [4.78, 5) is 1.09. The second-order valence-electron chi connectivity index (χ2n) is 2.97. The Hall–Kier alpha value is -1.31. The first-order valence-corrected chi connectivity index (χ1v) is 5.79. The van der Waals surface area contributed by atoms with Gasteiger partial charge in [0.05, 0.1) is 16.8 Å². The van der Waals surface area contributed by atoms with Crippen LogP contribution in [0, 0.1) is 11.3 Å². The molecule has 2 aromatic rings. The zero-order valence-electron chi connectivity index (χ0n) is 7.85. The summed E-state index contributed by atoms with van der Waals surface area (Å²) in [6, 6.07) is 6.03. The molecule has 0 bridgehead atoms. The maximum atomic E-state index is 8.58. The fraction of sp³-hybridized carbons (Fsp3) is 0.200. The smallest absolute Gasteiger partial charge is 0.128 e. The summed E-state index contributed by atoms with van der Waals surface area (Å²) in [5.41, 5.74) is 1.85. The van der Waals surface area contributed by atoms with Crippen LogP contribution < -0.4 is 0 Å². The quantitative estimate of drug-likeness (QED) is 0.771. The van der Waals surface area contributed by atoms with Gasteiger partial charge in [0, 0.05) is 11.8 Å². The minimum atomic E-state index is 0.259. The van der Waals surface area contributed by atoms with Gasteiger partial charge in [-0.25, -0.2) is 0 Å². The molecule has 0 saturated carbocycles. The predicted molar refractivity (Wildman–Crippen MR) is 60.7 cm³/mol. The van der Waals surface area contributed by atoms with Gasteiger partial charge in [0.1, 0.15) is 12.2 Å². The van der Waals surface area contributed by atoms with E-state index in [9.17, 15) is 0 Å². The van der Waals surface area contributed by atoms with Crippen molar-refractivity contribution >= 4 is 22.9 Å². The Labute approximate surface area is 96.5 Å². The van der Waals surface area contributed by atoms with Crippen molar-refractivity contribution < 1.29 is 0 Å². The summed E-state index contributed by atoms with van der Waals surface area (Å²) in [6.07, 6.45) is 1.82. The van der Waals surface area contributed by atoms with Crippen molar-refractivity contribution in [3.05, 3.63) is 29.3 Å². The maximum Gasteiger partial charge on any atom is 0.128 e. The van der Waals surface area contributed by atoms with Crippen molar-refractivity contribution in [2.24, 2.45) is 0 Å². The van der Waals surface area contributed by atoms with E-state index in [1.54, 1.807) is 16.0 Å². The first-order valence-electron chi connectivity index (χ1n) is 4.38. The average Bonchev–Trinajstić information content (AvgIpc) is 2.84. The topological polar surface area (TPSA) is 41.6 Å². The van der Waals surface area contributed by atoms with Gasteiger partial charge in [-0.1, -0.05) is 6.07 Å². The first-order chi connectivity index (χ1) is 7.35. The summed E-state index contributed by atoms with van der Waals surface area (Å²) in [5, 5.41) is 14.9. The third-order valence-corrected chi connectivity index (χ3v) is 3.13. The molecule has 2 heterocycles. The minimum Gasteiger partial charge on any atom is -0.258 e. The Morgan fingerprint density at radius 3 is 3.07 bits per heavy atom. The van der Waals surface area contributed by atoms with Crippen molar-refractivity contribution in [1.82, 2.24) is 9.78 Å². The van der Waals surface area contributed by atoms with Crippen LogP contribution in [0.15, 0.2) is 23.7 Å². The van der Waals surface area contributed by atoms with Crippen LogP contribution in [-0.2, 0) is 12.4 Å². The van der Waals surface area contributed by atoms with Gasteiger partial charge in [0.25, 0.3) is 0 Å². The lowest BCUT2D eigenvalue weighted by Crippen LogP contribution is -1.95. The van der Waals surface area contributed by atoms with Crippen LogP contribution in [-0.4, -0.2) is 9.78 Å². The third kappa shape index (κ3) is 2.04. The molecule has 0 aliphatic rings. The molecule has 0 N–H and O–H groups in total. The Kier molecular flexibility index (Phi) is 3.05. The molecule has 76 valence electrons. The van der Waals surface area contributed by atoms with E-state index in [2.05, 4.69) is 11.2 Å². The molecule has 0 aromatic carbocycles. The minimum absolute atomic E-state index is 0.259. The van der Waals surface area contributed by atoms with Gasteiger partial charge >= 0.3 is 0 Å². The summed E-state index contributed by atoms with van der Waals surface area (Å²) >= 11 is 7.45. The molecule has 0 fully saturated rings. The van der Waals surface area contributed by atoms with Crippen LogP contribution in [0.3, 0.4) is 0 Å². The van der Waals surface area contributed by atoms with E-state index in [1.165, 1.54) is 0 Å². The largest absolute Gasteiger partial charge is 0.258 e. The molecule has 15 heavy (non-hydrogen) atoms. The number of hydrogen-bond acceptors (Lipinski definition) is 3. The van der Waals surface area contributed by atoms with Gasteiger partial charge in [-0.15, -0.1) is 22.9 Å². The van der Waals surface area contributed by atoms with E-state index in [-0.39, 0.29) is 6.54 Å². The summed E-state index contributed by atoms with van der Waals surface area (Å²) in [5.74, 6) is 0.415. The van der Waals surface area contributed by atoms with E-state index >= 15 is 0 Å². The predicted octanol–water partition coefficient (Wildman–Crippen LogP) is 2.87. The molecule has 5 heteroatoms. The zero-order valence-corrected chi connectivity index (χ0v) is 9.42. The Morgan fingerprint density at radius 1 is 1.60 bits per heavy atom. The van der Waals surface area contributed by atoms with Crippen molar-refractivity contribution in [3.63, 3.8) is 0 Å². The highest BCUT2D eigenvalue weighted by Crippen LogP contribution is 2.27. The molecular weight excluding hydrogens is 230 g/mol. The van der Waals surface area contributed by atoms with Gasteiger partial charge in [0.2, 0.25) is 0 Å². The average molecular weight is 238 g/mol. The lowest BCUT2D eigenvalue weighted by atomic mass is 10.2. The van der Waals surface area contributed by atoms with Gasteiger partial charge in [-0.3, -0.25) is 4.68 Å². The Balaban J connectivity index is 2.42. The molecular formula is C10H8ClN3S. The third-order valence-electron chi connectivity index (χ3n) is 1.97. The highest BCUT2D eigenvalue weighted by molar-refractivity contribution is 7.13. The molecule has 0 aliphatic carbocycles. The molecule has 0 radical (unpaired) electrons. The summed E-state index contributed by atoms with van der Waals surface area (Å²) in [7, 11) is 0. The molecule has 0 aliphatic heterocycles. The number of nitrogens with zero attached hydrogens (tertiary/aromatic N) is 3. The van der Waals surface area contributed by atoms with Gasteiger partial charge in [0.15, 0.2) is 0 Å². The van der Waals surface area contributed by atoms with Crippen LogP contribution in [0.2, 0.25) is 0 Å². The van der Waals surface area contributed by atoms with E-state index in [0.29, 0.717) is 5.88 Å². The standard InChI is InChI=1S/C10H8ClN3S/c11-6-8-7-14(4-3-12)13-10(8)9-2-1-5-15-9/h1-2,5,7H,4,6H2. The lowest BCUT2D eigenvalue weighted by Gasteiger charge is -1.92. The van der Waals surface area contributed by atoms with Crippen LogP contribution in [0.1, 0.15) is 5.56 Å². The molecule has 3 nitrogen and oxygen atoms in total. The van der Waals surface area contributed by atoms with Crippen molar-refractivity contribution in [3.8, 4) is 16.6 Å². The summed E-state index contributed by atoms with van der Waals surface area (Å²) in [6.45, 7) is 0.259. The monoisotopic (exact) mass is 237 g/mol. The second-order valence-corrected chi connectivity index (χ2v) is 4.18. The normalized spacial score (nSPS) is 10.1. The van der Waals surface area contributed by atoms with Crippen LogP contribution >= 0.6 is 22.9 Å². The van der Waals surface area contributed by atoms with Gasteiger partial charge in [-0.2, -0.15) is 10.4 Å². The van der Waals surface area contributed by atoms with Gasteiger partial charge in [-0.05, 0) is 11.4 Å². The van der Waals surface area contributed by atoms with Crippen LogP contribution in [0.25, 0.3) is 10.6 Å². The number of rotatable bonds is 3. The number of halogens is 1. The van der Waals surface area contributed by atoms with Crippen molar-refractivity contribution in [1.29, 1.82) is 5.26 Å². The van der Waals surface area contributed by atoms with Crippen LogP contribution in [0.5, 0.6) is 0 Å². The van der Waals surface area contributed by atoms with E-state index in [0.717, 1.165) is 16.1 Å². The van der Waals surface area contributed by atoms with Crippen LogP contribution in [0.4, 0.5) is 0 Å². The number of hydrogen-bond donors (Lipinski definition) is 0. The molecule has 0 saturated heterocycles. The molecule has 0 spiro atoms.